The van der Waals surface area contributed by atoms with Crippen molar-refractivity contribution in [1.82, 2.24) is 19.1 Å². The van der Waals surface area contributed by atoms with Gasteiger partial charge in [0.15, 0.2) is 0 Å². The molecule has 0 atom stereocenters. The molecule has 1 aliphatic heterocycles. The van der Waals surface area contributed by atoms with Crippen LogP contribution >= 0.6 is 0 Å². The Morgan fingerprint density at radius 3 is 2.59 bits per heavy atom. The maximum atomic E-state index is 12.4. The Morgan fingerprint density at radius 1 is 1.19 bits per heavy atom. The van der Waals surface area contributed by atoms with Gasteiger partial charge in [0, 0.05) is 26.1 Å². The van der Waals surface area contributed by atoms with Gasteiger partial charge >= 0.3 is 5.69 Å². The van der Waals surface area contributed by atoms with Crippen LogP contribution in [0, 0.1) is 5.92 Å². The smallest absolute Gasteiger partial charge is 0.279 e. The van der Waals surface area contributed by atoms with Gasteiger partial charge in [-0.25, -0.2) is 22.6 Å². The Kier molecular flexibility index (Phi) is 6.16. The van der Waals surface area contributed by atoms with Gasteiger partial charge in [-0.3, -0.25) is 4.57 Å². The lowest BCUT2D eigenvalue weighted by molar-refractivity contribution is 0.508. The van der Waals surface area contributed by atoms with Gasteiger partial charge in [-0.1, -0.05) is 26.0 Å². The van der Waals surface area contributed by atoms with Crippen molar-refractivity contribution in [3.8, 4) is 0 Å². The molecule has 27 heavy (non-hydrogen) atoms. The summed E-state index contributed by atoms with van der Waals surface area (Å²) >= 11 is 0. The summed E-state index contributed by atoms with van der Waals surface area (Å²) in [5.74, 6) is 1.37. The molecular formula is C19H28N4O3S. The number of rotatable bonds is 8. The molecule has 0 unspecified atom stereocenters. The minimum atomic E-state index is -3.54. The Labute approximate surface area is 160 Å². The second-order valence-electron chi connectivity index (χ2n) is 7.52. The fourth-order valence-corrected chi connectivity index (χ4v) is 4.46. The van der Waals surface area contributed by atoms with E-state index in [-0.39, 0.29) is 17.1 Å². The Balaban J connectivity index is 1.54. The number of fused-ring (bicyclic) bond motifs is 1. The van der Waals surface area contributed by atoms with Gasteiger partial charge in [-0.15, -0.1) is 0 Å². The lowest BCUT2D eigenvalue weighted by atomic mass is 10.0. The number of aromatic nitrogens is 3. The molecule has 2 aromatic rings. The highest BCUT2D eigenvalue weighted by Gasteiger charge is 2.17. The molecule has 3 rings (SSSR count). The highest BCUT2D eigenvalue weighted by atomic mass is 32.2. The van der Waals surface area contributed by atoms with Gasteiger partial charge in [-0.05, 0) is 49.3 Å². The molecule has 0 fully saturated rings. The minimum absolute atomic E-state index is 0.0895. The summed E-state index contributed by atoms with van der Waals surface area (Å²) in [5, 5.41) is 4.37. The van der Waals surface area contributed by atoms with Gasteiger partial charge in [0.05, 0.1) is 4.90 Å². The molecule has 2 heterocycles. The van der Waals surface area contributed by atoms with Crippen LogP contribution in [0.1, 0.15) is 44.5 Å². The normalized spacial score (nSPS) is 14.5. The average molecular weight is 393 g/mol. The number of hydrogen-bond donors (Lipinski definition) is 1. The largest absolute Gasteiger partial charge is 0.345 e. The monoisotopic (exact) mass is 392 g/mol. The predicted octanol–water partition coefficient (Wildman–Crippen LogP) is 1.95. The van der Waals surface area contributed by atoms with E-state index in [1.54, 1.807) is 16.7 Å². The van der Waals surface area contributed by atoms with Crippen LogP contribution in [0.4, 0.5) is 0 Å². The summed E-state index contributed by atoms with van der Waals surface area (Å²) < 4.78 is 30.6. The van der Waals surface area contributed by atoms with E-state index in [1.807, 2.05) is 12.1 Å². The first-order valence-electron chi connectivity index (χ1n) is 9.62. The van der Waals surface area contributed by atoms with Crippen LogP contribution in [0.2, 0.25) is 0 Å². The molecule has 0 amide bonds. The van der Waals surface area contributed by atoms with Crippen LogP contribution in [0.15, 0.2) is 34.0 Å². The Morgan fingerprint density at radius 2 is 1.93 bits per heavy atom. The van der Waals surface area contributed by atoms with Gasteiger partial charge in [-0.2, -0.15) is 5.10 Å². The zero-order chi connectivity index (χ0) is 19.4. The van der Waals surface area contributed by atoms with E-state index in [0.717, 1.165) is 43.6 Å². The quantitative estimate of drug-likeness (QED) is 0.696. The molecule has 0 radical (unpaired) electrons. The predicted molar refractivity (Wildman–Crippen MR) is 104 cm³/mol. The highest BCUT2D eigenvalue weighted by molar-refractivity contribution is 7.89. The van der Waals surface area contributed by atoms with Gasteiger partial charge in [0.1, 0.15) is 5.82 Å². The fourth-order valence-electron chi connectivity index (χ4n) is 3.39. The molecule has 7 nitrogen and oxygen atoms in total. The summed E-state index contributed by atoms with van der Waals surface area (Å²) in [7, 11) is -3.54. The van der Waals surface area contributed by atoms with Crippen molar-refractivity contribution in [2.45, 2.75) is 63.9 Å². The Hall–Kier alpha value is -1.93. The molecule has 0 saturated heterocycles. The third-order valence-corrected chi connectivity index (χ3v) is 6.22. The van der Waals surface area contributed by atoms with E-state index in [2.05, 4.69) is 23.7 Å². The van der Waals surface area contributed by atoms with E-state index in [0.29, 0.717) is 18.9 Å². The molecule has 1 aromatic heterocycles. The number of benzene rings is 1. The first-order chi connectivity index (χ1) is 12.9. The van der Waals surface area contributed by atoms with E-state index >= 15 is 0 Å². The van der Waals surface area contributed by atoms with Crippen molar-refractivity contribution in [2.24, 2.45) is 5.92 Å². The van der Waals surface area contributed by atoms with Gasteiger partial charge in [0.25, 0.3) is 0 Å². The van der Waals surface area contributed by atoms with E-state index in [4.69, 9.17) is 0 Å². The molecule has 8 heteroatoms. The van der Waals surface area contributed by atoms with Gasteiger partial charge in [0.2, 0.25) is 10.0 Å². The van der Waals surface area contributed by atoms with E-state index in [1.165, 1.54) is 4.68 Å². The van der Waals surface area contributed by atoms with Crippen molar-refractivity contribution in [3.05, 3.63) is 46.1 Å². The number of nitrogens with one attached hydrogen (secondary N) is 1. The van der Waals surface area contributed by atoms with Crippen LogP contribution < -0.4 is 10.4 Å². The van der Waals surface area contributed by atoms with Crippen LogP contribution in [0.5, 0.6) is 0 Å². The lowest BCUT2D eigenvalue weighted by Gasteiger charge is -2.09. The maximum Gasteiger partial charge on any atom is 0.345 e. The summed E-state index contributed by atoms with van der Waals surface area (Å²) in [4.78, 5) is 12.5. The fraction of sp³-hybridized carbons (Fsp3) is 0.579. The summed E-state index contributed by atoms with van der Waals surface area (Å²) in [6.07, 6.45) is 4.35. The zero-order valence-electron chi connectivity index (χ0n) is 16.0. The topological polar surface area (TPSA) is 86.0 Å². The van der Waals surface area contributed by atoms with Gasteiger partial charge < -0.3 is 0 Å². The van der Waals surface area contributed by atoms with Crippen LogP contribution in [0.25, 0.3) is 0 Å². The molecule has 0 aliphatic carbocycles. The van der Waals surface area contributed by atoms with Crippen molar-refractivity contribution < 1.29 is 8.42 Å². The van der Waals surface area contributed by atoms with Crippen molar-refractivity contribution in [2.75, 3.05) is 6.54 Å². The first kappa shape index (κ1) is 19.8. The molecule has 148 valence electrons. The van der Waals surface area contributed by atoms with Crippen LogP contribution in [-0.4, -0.2) is 29.3 Å². The average Bonchev–Trinajstić information content (AvgIpc) is 2.95. The molecule has 0 saturated carbocycles. The minimum Gasteiger partial charge on any atom is -0.279 e. The Bertz CT molecular complexity index is 927. The third kappa shape index (κ3) is 4.87. The third-order valence-electron chi connectivity index (χ3n) is 4.75. The zero-order valence-corrected chi connectivity index (χ0v) is 16.8. The van der Waals surface area contributed by atoms with Crippen LogP contribution in [-0.2, 0) is 36.0 Å². The number of aryl methyl sites for hydroxylation is 2. The lowest BCUT2D eigenvalue weighted by Crippen LogP contribution is -2.29. The number of nitrogens with zero attached hydrogens (tertiary/aromatic N) is 3. The second kappa shape index (κ2) is 8.39. The molecule has 1 aromatic carbocycles. The van der Waals surface area contributed by atoms with E-state index in [9.17, 15) is 13.2 Å². The highest BCUT2D eigenvalue weighted by Crippen LogP contribution is 2.13. The van der Waals surface area contributed by atoms with Crippen molar-refractivity contribution in [3.63, 3.8) is 0 Å². The maximum absolute atomic E-state index is 12.4. The first-order valence-corrected chi connectivity index (χ1v) is 11.1. The molecule has 1 aliphatic rings. The van der Waals surface area contributed by atoms with Crippen LogP contribution in [0.3, 0.4) is 0 Å². The summed E-state index contributed by atoms with van der Waals surface area (Å²) in [6, 6.07) is 7.02. The summed E-state index contributed by atoms with van der Waals surface area (Å²) in [6.45, 7) is 5.68. The van der Waals surface area contributed by atoms with Crippen molar-refractivity contribution in [1.29, 1.82) is 0 Å². The number of hydrogen-bond acceptors (Lipinski definition) is 4. The molecule has 0 bridgehead atoms. The summed E-state index contributed by atoms with van der Waals surface area (Å²) in [5.41, 5.74) is 1.04. The molecular weight excluding hydrogens is 364 g/mol. The van der Waals surface area contributed by atoms with E-state index < -0.39 is 10.0 Å². The number of sulfonamides is 1. The molecule has 0 spiro atoms. The van der Waals surface area contributed by atoms with Crippen molar-refractivity contribution >= 4 is 10.0 Å². The molecule has 1 N–H and O–H groups in total. The standard InChI is InChI=1S/C19H28N4O3S/c1-15(2)14-16-7-9-17(10-8-16)27(25,26)20-11-5-13-23-19(24)22-12-4-3-6-18(22)21-23/h7-10,15,20H,3-6,11-14H2,1-2H3. The SMILES string of the molecule is CC(C)Cc1ccc(S(=O)(=O)NCCCn2nc3n(c2=O)CCCC3)cc1. The second-order valence-corrected chi connectivity index (χ2v) is 9.29.